The Labute approximate surface area is 118 Å². The highest BCUT2D eigenvalue weighted by molar-refractivity contribution is 5.70. The second-order valence-corrected chi connectivity index (χ2v) is 4.98. The van der Waals surface area contributed by atoms with Crippen LogP contribution in [-0.4, -0.2) is 36.6 Å². The Bertz CT molecular complexity index is 404. The number of nitrogens with one attached hydrogen (secondary N) is 1. The number of aliphatic hydroxyl groups is 1. The number of hydrogen-bond donors (Lipinski definition) is 2. The summed E-state index contributed by atoms with van der Waals surface area (Å²) in [7, 11) is 0. The summed E-state index contributed by atoms with van der Waals surface area (Å²) in [6, 6.07) is 8.80. The largest absolute Gasteiger partial charge is 0.412 e. The molecule has 5 nitrogen and oxygen atoms in total. The number of carbonyl (C=O) groups is 1. The topological polar surface area (TPSA) is 67.8 Å². The predicted molar refractivity (Wildman–Crippen MR) is 74.7 cm³/mol. The van der Waals surface area contributed by atoms with Gasteiger partial charge in [0.05, 0.1) is 18.8 Å². The molecule has 2 N–H and O–H groups in total. The molecule has 1 fully saturated rings. The standard InChI is InChI=1S/C15H21NO4/c17-12(11-19-13-6-4-5-7-13)10-16-15(18)20-14-8-2-1-3-9-14/h1-3,8-9,12-13,17H,4-7,10-11H2,(H,16,18). The normalized spacial score (nSPS) is 16.9. The van der Waals surface area contributed by atoms with E-state index in [0.29, 0.717) is 5.75 Å². The second-order valence-electron chi connectivity index (χ2n) is 4.98. The van der Waals surface area contributed by atoms with E-state index in [4.69, 9.17) is 9.47 Å². The van der Waals surface area contributed by atoms with Gasteiger partial charge in [0.15, 0.2) is 0 Å². The highest BCUT2D eigenvalue weighted by Crippen LogP contribution is 2.20. The molecule has 0 aromatic heterocycles. The summed E-state index contributed by atoms with van der Waals surface area (Å²) in [5.74, 6) is 0.474. The summed E-state index contributed by atoms with van der Waals surface area (Å²) in [5, 5.41) is 12.2. The monoisotopic (exact) mass is 279 g/mol. The molecule has 0 saturated heterocycles. The van der Waals surface area contributed by atoms with E-state index in [1.54, 1.807) is 24.3 Å². The van der Waals surface area contributed by atoms with Crippen molar-refractivity contribution in [1.29, 1.82) is 0 Å². The lowest BCUT2D eigenvalue weighted by Gasteiger charge is -2.15. The minimum absolute atomic E-state index is 0.123. The molecule has 1 aromatic carbocycles. The third-order valence-electron chi connectivity index (χ3n) is 3.26. The lowest BCUT2D eigenvalue weighted by atomic mass is 10.3. The van der Waals surface area contributed by atoms with E-state index < -0.39 is 12.2 Å². The molecular formula is C15H21NO4. The van der Waals surface area contributed by atoms with Crippen LogP contribution < -0.4 is 10.1 Å². The molecular weight excluding hydrogens is 258 g/mol. The lowest BCUT2D eigenvalue weighted by Crippen LogP contribution is -2.36. The van der Waals surface area contributed by atoms with Gasteiger partial charge < -0.3 is 19.9 Å². The molecule has 1 amide bonds. The Balaban J connectivity index is 1.60. The molecule has 0 bridgehead atoms. The molecule has 0 aliphatic heterocycles. The number of para-hydroxylation sites is 1. The summed E-state index contributed by atoms with van der Waals surface area (Å²) >= 11 is 0. The third kappa shape index (κ3) is 5.19. The van der Waals surface area contributed by atoms with Crippen molar-refractivity contribution in [3.8, 4) is 5.75 Å². The number of hydrogen-bond acceptors (Lipinski definition) is 4. The van der Waals surface area contributed by atoms with E-state index in [1.807, 2.05) is 6.07 Å². The average Bonchev–Trinajstić information content (AvgIpc) is 2.97. The molecule has 0 radical (unpaired) electrons. The maximum Gasteiger partial charge on any atom is 0.412 e. The van der Waals surface area contributed by atoms with Gasteiger partial charge in [0.1, 0.15) is 5.75 Å². The fraction of sp³-hybridized carbons (Fsp3) is 0.533. The number of carbonyl (C=O) groups excluding carboxylic acids is 1. The van der Waals surface area contributed by atoms with Crippen LogP contribution in [0.25, 0.3) is 0 Å². The summed E-state index contributed by atoms with van der Waals surface area (Å²) in [6.45, 7) is 0.370. The van der Waals surface area contributed by atoms with Crippen LogP contribution in [-0.2, 0) is 4.74 Å². The van der Waals surface area contributed by atoms with Gasteiger partial charge in [0.2, 0.25) is 0 Å². The van der Waals surface area contributed by atoms with Crippen LogP contribution in [0.2, 0.25) is 0 Å². The van der Waals surface area contributed by atoms with Crippen LogP contribution in [0.1, 0.15) is 25.7 Å². The maximum atomic E-state index is 11.5. The molecule has 1 saturated carbocycles. The maximum absolute atomic E-state index is 11.5. The molecule has 20 heavy (non-hydrogen) atoms. The number of aliphatic hydroxyl groups excluding tert-OH is 1. The van der Waals surface area contributed by atoms with Gasteiger partial charge in [-0.05, 0) is 25.0 Å². The Morgan fingerprint density at radius 3 is 2.70 bits per heavy atom. The fourth-order valence-electron chi connectivity index (χ4n) is 2.19. The molecule has 1 aromatic rings. The number of amides is 1. The zero-order valence-electron chi connectivity index (χ0n) is 11.5. The quantitative estimate of drug-likeness (QED) is 0.836. The van der Waals surface area contributed by atoms with E-state index in [9.17, 15) is 9.90 Å². The molecule has 1 aliphatic carbocycles. The van der Waals surface area contributed by atoms with Gasteiger partial charge in [0.25, 0.3) is 0 Å². The lowest BCUT2D eigenvalue weighted by molar-refractivity contribution is -0.00491. The molecule has 1 unspecified atom stereocenters. The van der Waals surface area contributed by atoms with E-state index in [-0.39, 0.29) is 19.3 Å². The van der Waals surface area contributed by atoms with Crippen molar-refractivity contribution < 1.29 is 19.4 Å². The van der Waals surface area contributed by atoms with Gasteiger partial charge in [-0.2, -0.15) is 0 Å². The SMILES string of the molecule is O=C(NCC(O)COC1CCCC1)Oc1ccccc1. The molecule has 1 atom stereocenters. The van der Waals surface area contributed by atoms with Crippen molar-refractivity contribution >= 4 is 6.09 Å². The van der Waals surface area contributed by atoms with Crippen LogP contribution in [0, 0.1) is 0 Å². The Hall–Kier alpha value is -1.59. The fourth-order valence-corrected chi connectivity index (χ4v) is 2.19. The first-order valence-electron chi connectivity index (χ1n) is 7.04. The molecule has 0 heterocycles. The van der Waals surface area contributed by atoms with Gasteiger partial charge in [-0.25, -0.2) is 4.79 Å². The van der Waals surface area contributed by atoms with E-state index >= 15 is 0 Å². The molecule has 110 valence electrons. The smallest absolute Gasteiger partial charge is 0.410 e. The van der Waals surface area contributed by atoms with Crippen LogP contribution >= 0.6 is 0 Å². The van der Waals surface area contributed by atoms with Gasteiger partial charge in [-0.3, -0.25) is 0 Å². The predicted octanol–water partition coefficient (Wildman–Crippen LogP) is 2.10. The number of benzene rings is 1. The highest BCUT2D eigenvalue weighted by Gasteiger charge is 2.17. The van der Waals surface area contributed by atoms with Crippen LogP contribution in [0.15, 0.2) is 30.3 Å². The summed E-state index contributed by atoms with van der Waals surface area (Å²) in [5.41, 5.74) is 0. The second kappa shape index (κ2) is 7.87. The highest BCUT2D eigenvalue weighted by atomic mass is 16.6. The van der Waals surface area contributed by atoms with Crippen molar-refractivity contribution in [3.05, 3.63) is 30.3 Å². The van der Waals surface area contributed by atoms with Crippen molar-refractivity contribution in [1.82, 2.24) is 5.32 Å². The minimum atomic E-state index is -0.709. The molecule has 5 heteroatoms. The number of ether oxygens (including phenoxy) is 2. The van der Waals surface area contributed by atoms with Crippen LogP contribution in [0.3, 0.4) is 0 Å². The van der Waals surface area contributed by atoms with Gasteiger partial charge in [0, 0.05) is 6.54 Å². The van der Waals surface area contributed by atoms with E-state index in [2.05, 4.69) is 5.32 Å². The summed E-state index contributed by atoms with van der Waals surface area (Å²) in [4.78, 5) is 11.5. The third-order valence-corrected chi connectivity index (χ3v) is 3.26. The zero-order chi connectivity index (χ0) is 14.2. The van der Waals surface area contributed by atoms with Crippen molar-refractivity contribution in [2.45, 2.75) is 37.9 Å². The van der Waals surface area contributed by atoms with Crippen molar-refractivity contribution in [2.24, 2.45) is 0 Å². The number of rotatable bonds is 6. The van der Waals surface area contributed by atoms with Gasteiger partial charge in [-0.1, -0.05) is 31.0 Å². The van der Waals surface area contributed by atoms with Crippen molar-refractivity contribution in [3.63, 3.8) is 0 Å². The van der Waals surface area contributed by atoms with Crippen LogP contribution in [0.5, 0.6) is 5.75 Å². The Kier molecular flexibility index (Phi) is 5.83. The Morgan fingerprint density at radius 1 is 1.30 bits per heavy atom. The Morgan fingerprint density at radius 2 is 2.00 bits per heavy atom. The molecule has 0 spiro atoms. The van der Waals surface area contributed by atoms with Crippen molar-refractivity contribution in [2.75, 3.05) is 13.2 Å². The van der Waals surface area contributed by atoms with Gasteiger partial charge >= 0.3 is 6.09 Å². The van der Waals surface area contributed by atoms with Gasteiger partial charge in [-0.15, -0.1) is 0 Å². The first-order chi connectivity index (χ1) is 9.74. The summed E-state index contributed by atoms with van der Waals surface area (Å²) < 4.78 is 10.6. The van der Waals surface area contributed by atoms with E-state index in [1.165, 1.54) is 12.8 Å². The average molecular weight is 279 g/mol. The molecule has 1 aliphatic rings. The van der Waals surface area contributed by atoms with Crippen LogP contribution in [0.4, 0.5) is 4.79 Å². The summed E-state index contributed by atoms with van der Waals surface area (Å²) in [6.07, 6.45) is 3.51. The zero-order valence-corrected chi connectivity index (χ0v) is 11.5. The minimum Gasteiger partial charge on any atom is -0.410 e. The first-order valence-corrected chi connectivity index (χ1v) is 7.04. The molecule has 2 rings (SSSR count). The van der Waals surface area contributed by atoms with E-state index in [0.717, 1.165) is 12.8 Å². The first kappa shape index (κ1) is 14.8.